The average Bonchev–Trinajstić information content (AvgIpc) is 2.18. The van der Waals surface area contributed by atoms with Crippen molar-refractivity contribution in [1.29, 1.82) is 0 Å². The Kier molecular flexibility index (Phi) is 4.03. The lowest BCUT2D eigenvalue weighted by Gasteiger charge is -2.05. The normalized spacial score (nSPS) is 9.80. The number of hydrogen-bond donors (Lipinski definition) is 0. The monoisotopic (exact) mass is 270 g/mol. The highest BCUT2D eigenvalue weighted by Crippen LogP contribution is 2.19. The highest BCUT2D eigenvalue weighted by Gasteiger charge is 2.12. The van der Waals surface area contributed by atoms with Gasteiger partial charge in [-0.15, -0.1) is 0 Å². The maximum absolute atomic E-state index is 11.5. The Morgan fingerprint density at radius 1 is 1.40 bits per heavy atom. The Morgan fingerprint density at radius 2 is 2.07 bits per heavy atom. The Balaban J connectivity index is 3.10. The van der Waals surface area contributed by atoms with Gasteiger partial charge in [-0.3, -0.25) is 4.79 Å². The van der Waals surface area contributed by atoms with E-state index in [2.05, 4.69) is 15.9 Å². The lowest BCUT2D eigenvalue weighted by Crippen LogP contribution is -2.07. The molecule has 0 aliphatic rings. The Hall–Kier alpha value is -1.16. The zero-order chi connectivity index (χ0) is 11.4. The van der Waals surface area contributed by atoms with E-state index in [1.54, 1.807) is 19.1 Å². The first-order valence-corrected chi connectivity index (χ1v) is 5.33. The molecule has 0 spiro atoms. The van der Waals surface area contributed by atoms with E-state index in [-0.39, 0.29) is 5.78 Å². The summed E-state index contributed by atoms with van der Waals surface area (Å²) in [6.45, 7) is 3.51. The molecule has 3 nitrogen and oxygen atoms in total. The number of carbonyl (C=O) groups excluding carboxylic acids is 2. The van der Waals surface area contributed by atoms with Crippen LogP contribution < -0.4 is 0 Å². The molecule has 0 unspecified atom stereocenters. The van der Waals surface area contributed by atoms with Gasteiger partial charge in [0.15, 0.2) is 5.78 Å². The fourth-order valence-corrected chi connectivity index (χ4v) is 1.52. The number of carbonyl (C=O) groups is 2. The van der Waals surface area contributed by atoms with E-state index in [0.29, 0.717) is 22.2 Å². The van der Waals surface area contributed by atoms with Crippen LogP contribution in [0.1, 0.15) is 34.6 Å². The van der Waals surface area contributed by atoms with Gasteiger partial charge in [-0.2, -0.15) is 0 Å². The summed E-state index contributed by atoms with van der Waals surface area (Å²) >= 11 is 3.24. The Labute approximate surface area is 96.6 Å². The number of halogens is 1. The number of ether oxygens (including phenoxy) is 1. The molecule has 1 rings (SSSR count). The van der Waals surface area contributed by atoms with Gasteiger partial charge < -0.3 is 4.74 Å². The van der Waals surface area contributed by atoms with Crippen LogP contribution in [0.15, 0.2) is 22.7 Å². The zero-order valence-corrected chi connectivity index (χ0v) is 10.1. The van der Waals surface area contributed by atoms with Gasteiger partial charge >= 0.3 is 5.97 Å². The molecule has 0 bridgehead atoms. The van der Waals surface area contributed by atoms with Crippen molar-refractivity contribution in [1.82, 2.24) is 0 Å². The fraction of sp³-hybridized carbons (Fsp3) is 0.273. The summed E-state index contributed by atoms with van der Waals surface area (Å²) < 4.78 is 5.49. The highest BCUT2D eigenvalue weighted by molar-refractivity contribution is 9.10. The molecule has 0 fully saturated rings. The molecular weight excluding hydrogens is 260 g/mol. The van der Waals surface area contributed by atoms with Gasteiger partial charge in [0.2, 0.25) is 0 Å². The maximum Gasteiger partial charge on any atom is 0.339 e. The van der Waals surface area contributed by atoms with Crippen molar-refractivity contribution in [3.05, 3.63) is 33.8 Å². The average molecular weight is 271 g/mol. The second kappa shape index (κ2) is 5.07. The standard InChI is InChI=1S/C11H11BrO3/c1-3-15-11(14)9-6-8(7(2)13)4-5-10(9)12/h4-6H,3H2,1-2H3. The molecule has 0 aliphatic heterocycles. The molecule has 0 aromatic heterocycles. The molecule has 4 heteroatoms. The second-order valence-corrected chi connectivity index (χ2v) is 3.83. The second-order valence-electron chi connectivity index (χ2n) is 2.97. The first kappa shape index (κ1) is 11.9. The number of rotatable bonds is 3. The van der Waals surface area contributed by atoms with Crippen molar-refractivity contribution in [2.45, 2.75) is 13.8 Å². The van der Waals surface area contributed by atoms with Crippen LogP contribution in [0.3, 0.4) is 0 Å². The van der Waals surface area contributed by atoms with E-state index in [9.17, 15) is 9.59 Å². The third-order valence-electron chi connectivity index (χ3n) is 1.87. The van der Waals surface area contributed by atoms with Crippen LogP contribution in [0, 0.1) is 0 Å². The van der Waals surface area contributed by atoms with E-state index in [1.807, 2.05) is 0 Å². The minimum Gasteiger partial charge on any atom is -0.462 e. The third kappa shape index (κ3) is 2.89. The fourth-order valence-electron chi connectivity index (χ4n) is 1.11. The molecule has 0 heterocycles. The molecule has 15 heavy (non-hydrogen) atoms. The van der Waals surface area contributed by atoms with Gasteiger partial charge in [-0.25, -0.2) is 4.79 Å². The number of ketones is 1. The van der Waals surface area contributed by atoms with Crippen molar-refractivity contribution in [3.63, 3.8) is 0 Å². The first-order valence-electron chi connectivity index (χ1n) is 4.54. The summed E-state index contributed by atoms with van der Waals surface area (Å²) in [4.78, 5) is 22.6. The van der Waals surface area contributed by atoms with Crippen molar-refractivity contribution in [3.8, 4) is 0 Å². The Bertz CT molecular complexity index is 399. The van der Waals surface area contributed by atoms with Crippen LogP contribution in [0.5, 0.6) is 0 Å². The van der Waals surface area contributed by atoms with Crippen LogP contribution >= 0.6 is 15.9 Å². The van der Waals surface area contributed by atoms with Gasteiger partial charge in [0, 0.05) is 10.0 Å². The third-order valence-corrected chi connectivity index (χ3v) is 2.56. The topological polar surface area (TPSA) is 43.4 Å². The molecule has 0 radical (unpaired) electrons. The van der Waals surface area contributed by atoms with Crippen LogP contribution in [0.4, 0.5) is 0 Å². The summed E-state index contributed by atoms with van der Waals surface area (Å²) in [5.41, 5.74) is 0.880. The summed E-state index contributed by atoms with van der Waals surface area (Å²) in [6.07, 6.45) is 0. The zero-order valence-electron chi connectivity index (χ0n) is 8.54. The number of Topliss-reactive ketones (excluding diaryl/α,β-unsaturated/α-hetero) is 1. The summed E-state index contributed by atoms with van der Waals surface area (Å²) in [5.74, 6) is -0.500. The van der Waals surface area contributed by atoms with Crippen molar-refractivity contribution < 1.29 is 14.3 Å². The predicted octanol–water partition coefficient (Wildman–Crippen LogP) is 2.83. The summed E-state index contributed by atoms with van der Waals surface area (Å²) in [5, 5.41) is 0. The molecule has 0 saturated heterocycles. The lowest BCUT2D eigenvalue weighted by molar-refractivity contribution is 0.0525. The molecule has 0 aliphatic carbocycles. The largest absolute Gasteiger partial charge is 0.462 e. The maximum atomic E-state index is 11.5. The predicted molar refractivity (Wildman–Crippen MR) is 60.1 cm³/mol. The minimum atomic E-state index is -0.424. The van der Waals surface area contributed by atoms with Crippen molar-refractivity contribution >= 4 is 27.7 Å². The van der Waals surface area contributed by atoms with Crippen LogP contribution in [0.2, 0.25) is 0 Å². The van der Waals surface area contributed by atoms with Gasteiger partial charge in [0.1, 0.15) is 0 Å². The first-order chi connectivity index (χ1) is 7.06. The van der Waals surface area contributed by atoms with Gasteiger partial charge in [0.05, 0.1) is 12.2 Å². The number of esters is 1. The minimum absolute atomic E-state index is 0.0759. The molecule has 1 aromatic rings. The van der Waals surface area contributed by atoms with E-state index in [0.717, 1.165) is 0 Å². The Morgan fingerprint density at radius 3 is 2.60 bits per heavy atom. The molecule has 0 atom stereocenters. The van der Waals surface area contributed by atoms with E-state index >= 15 is 0 Å². The van der Waals surface area contributed by atoms with Crippen LogP contribution in [-0.2, 0) is 4.74 Å². The van der Waals surface area contributed by atoms with E-state index in [4.69, 9.17) is 4.74 Å². The van der Waals surface area contributed by atoms with Crippen LogP contribution in [0.25, 0.3) is 0 Å². The number of benzene rings is 1. The van der Waals surface area contributed by atoms with E-state index in [1.165, 1.54) is 13.0 Å². The molecule has 1 aromatic carbocycles. The summed E-state index contributed by atoms with van der Waals surface area (Å²) in [7, 11) is 0. The summed E-state index contributed by atoms with van der Waals surface area (Å²) in [6, 6.07) is 4.86. The molecule has 80 valence electrons. The SMILES string of the molecule is CCOC(=O)c1cc(C(C)=O)ccc1Br. The van der Waals surface area contributed by atoms with Gasteiger partial charge in [-0.1, -0.05) is 6.07 Å². The molecule has 0 saturated carbocycles. The number of hydrogen-bond acceptors (Lipinski definition) is 3. The van der Waals surface area contributed by atoms with E-state index < -0.39 is 5.97 Å². The van der Waals surface area contributed by atoms with Gasteiger partial charge in [-0.05, 0) is 41.9 Å². The molecule has 0 N–H and O–H groups in total. The highest BCUT2D eigenvalue weighted by atomic mass is 79.9. The van der Waals surface area contributed by atoms with Crippen molar-refractivity contribution in [2.24, 2.45) is 0 Å². The molecular formula is C11H11BrO3. The smallest absolute Gasteiger partial charge is 0.339 e. The lowest BCUT2D eigenvalue weighted by atomic mass is 10.1. The quantitative estimate of drug-likeness (QED) is 0.627. The molecule has 0 amide bonds. The van der Waals surface area contributed by atoms with Crippen molar-refractivity contribution in [2.75, 3.05) is 6.61 Å². The van der Waals surface area contributed by atoms with Gasteiger partial charge in [0.25, 0.3) is 0 Å². The van der Waals surface area contributed by atoms with Crippen LogP contribution in [-0.4, -0.2) is 18.4 Å².